The van der Waals surface area contributed by atoms with Crippen molar-refractivity contribution in [1.29, 1.82) is 0 Å². The lowest BCUT2D eigenvalue weighted by Crippen LogP contribution is -2.51. The van der Waals surface area contributed by atoms with Crippen molar-refractivity contribution < 1.29 is 4.79 Å². The second-order valence-electron chi connectivity index (χ2n) is 7.57. The van der Waals surface area contributed by atoms with E-state index in [0.29, 0.717) is 5.82 Å². The van der Waals surface area contributed by atoms with E-state index in [1.807, 2.05) is 24.0 Å². The van der Waals surface area contributed by atoms with Gasteiger partial charge in [0.15, 0.2) is 5.01 Å². The molecular weight excluding hydrogens is 374 g/mol. The first kappa shape index (κ1) is 17.4. The summed E-state index contributed by atoms with van der Waals surface area (Å²) in [7, 11) is 0. The van der Waals surface area contributed by atoms with Gasteiger partial charge in [0.2, 0.25) is 0 Å². The Balaban J connectivity index is 1.39. The van der Waals surface area contributed by atoms with Crippen LogP contribution >= 0.6 is 11.3 Å². The van der Waals surface area contributed by atoms with E-state index in [2.05, 4.69) is 25.5 Å². The van der Waals surface area contributed by atoms with Gasteiger partial charge in [-0.25, -0.2) is 9.78 Å². The zero-order valence-corrected chi connectivity index (χ0v) is 16.3. The van der Waals surface area contributed by atoms with Gasteiger partial charge in [-0.05, 0) is 50.1 Å². The van der Waals surface area contributed by atoms with E-state index in [1.54, 1.807) is 12.4 Å². The first-order chi connectivity index (χ1) is 13.6. The number of aromatic nitrogens is 4. The van der Waals surface area contributed by atoms with Crippen molar-refractivity contribution in [2.75, 3.05) is 5.32 Å². The van der Waals surface area contributed by atoms with Crippen LogP contribution in [-0.4, -0.2) is 49.2 Å². The summed E-state index contributed by atoms with van der Waals surface area (Å²) in [6, 6.07) is 4.44. The summed E-state index contributed by atoms with van der Waals surface area (Å²) in [6.07, 6.45) is 7.33. The van der Waals surface area contributed by atoms with E-state index < -0.39 is 0 Å². The Morgan fingerprint density at radius 1 is 1.14 bits per heavy atom. The molecule has 0 aliphatic carbocycles. The third-order valence-electron chi connectivity index (χ3n) is 5.59. The maximum atomic E-state index is 12.9. The summed E-state index contributed by atoms with van der Waals surface area (Å²) in [5.41, 5.74) is 6.88. The number of carbonyl (C=O) groups excluding carboxylic acids is 1. The molecule has 2 bridgehead atoms. The lowest BCUT2D eigenvalue weighted by molar-refractivity contribution is 0.150. The SMILES string of the molecule is Cc1nnc(-c2cc3cc(NC(=O)N4[C@@H]5CC[C@H]4C[C@@H](N)C5)ncc3cn2)s1. The molecule has 3 atom stereocenters. The number of hydrogen-bond acceptors (Lipinski definition) is 7. The number of fused-ring (bicyclic) bond motifs is 3. The highest BCUT2D eigenvalue weighted by Crippen LogP contribution is 2.35. The fourth-order valence-corrected chi connectivity index (χ4v) is 5.01. The molecule has 0 spiro atoms. The number of nitrogens with one attached hydrogen (secondary N) is 1. The maximum absolute atomic E-state index is 12.9. The summed E-state index contributed by atoms with van der Waals surface area (Å²) in [6.45, 7) is 1.92. The molecule has 5 rings (SSSR count). The van der Waals surface area contributed by atoms with Gasteiger partial charge in [0, 0.05) is 35.9 Å². The molecule has 3 N–H and O–H groups in total. The van der Waals surface area contributed by atoms with Crippen LogP contribution in [0.5, 0.6) is 0 Å². The summed E-state index contributed by atoms with van der Waals surface area (Å²) in [5, 5.41) is 14.7. The molecule has 0 aromatic carbocycles. The molecule has 8 nitrogen and oxygen atoms in total. The van der Waals surface area contributed by atoms with E-state index in [1.165, 1.54) is 11.3 Å². The highest BCUT2D eigenvalue weighted by atomic mass is 32.1. The zero-order chi connectivity index (χ0) is 19.3. The van der Waals surface area contributed by atoms with E-state index in [4.69, 9.17) is 5.73 Å². The summed E-state index contributed by atoms with van der Waals surface area (Å²) >= 11 is 1.50. The average Bonchev–Trinajstić information content (AvgIpc) is 3.22. The first-order valence-electron chi connectivity index (χ1n) is 9.48. The number of urea groups is 1. The fourth-order valence-electron chi connectivity index (χ4n) is 4.35. The molecule has 5 heterocycles. The Bertz CT molecular complexity index is 1040. The number of piperidine rings is 1. The Morgan fingerprint density at radius 3 is 2.61 bits per heavy atom. The van der Waals surface area contributed by atoms with E-state index >= 15 is 0 Å². The van der Waals surface area contributed by atoms with Crippen molar-refractivity contribution in [3.8, 4) is 10.7 Å². The summed E-state index contributed by atoms with van der Waals surface area (Å²) in [5.74, 6) is 0.539. The minimum atomic E-state index is -0.0831. The Labute approximate surface area is 166 Å². The molecule has 0 unspecified atom stereocenters. The van der Waals surface area contributed by atoms with Gasteiger partial charge in [-0.15, -0.1) is 10.2 Å². The molecule has 0 radical (unpaired) electrons. The highest BCUT2D eigenvalue weighted by molar-refractivity contribution is 7.14. The molecule has 2 aliphatic heterocycles. The fraction of sp³-hybridized carbons (Fsp3) is 0.421. The Kier molecular flexibility index (Phi) is 4.21. The van der Waals surface area contributed by atoms with Crippen molar-refractivity contribution >= 4 is 34.0 Å². The van der Waals surface area contributed by atoms with Crippen molar-refractivity contribution in [2.45, 2.75) is 50.7 Å². The summed E-state index contributed by atoms with van der Waals surface area (Å²) < 4.78 is 0. The van der Waals surface area contributed by atoms with Gasteiger partial charge in [-0.2, -0.15) is 0 Å². The first-order valence-corrected chi connectivity index (χ1v) is 10.3. The average molecular weight is 395 g/mol. The van der Waals surface area contributed by atoms with Gasteiger partial charge >= 0.3 is 6.03 Å². The Morgan fingerprint density at radius 2 is 1.89 bits per heavy atom. The minimum absolute atomic E-state index is 0.0831. The lowest BCUT2D eigenvalue weighted by atomic mass is 9.99. The number of nitrogens with two attached hydrogens (primary N) is 1. The molecule has 28 heavy (non-hydrogen) atoms. The van der Waals surface area contributed by atoms with Crippen LogP contribution in [0.15, 0.2) is 24.5 Å². The monoisotopic (exact) mass is 395 g/mol. The van der Waals surface area contributed by atoms with Gasteiger partial charge in [0.25, 0.3) is 0 Å². The van der Waals surface area contributed by atoms with Crippen molar-refractivity contribution in [1.82, 2.24) is 25.1 Å². The highest BCUT2D eigenvalue weighted by Gasteiger charge is 2.42. The second kappa shape index (κ2) is 6.75. The molecule has 2 fully saturated rings. The molecule has 3 aromatic heterocycles. The third-order valence-corrected chi connectivity index (χ3v) is 6.45. The zero-order valence-electron chi connectivity index (χ0n) is 15.5. The number of anilines is 1. The van der Waals surface area contributed by atoms with Crippen molar-refractivity contribution in [3.63, 3.8) is 0 Å². The standard InChI is InChI=1S/C19H21N7OS/c1-10-24-25-18(28-10)16-4-11-5-17(22-9-12(11)8-21-16)23-19(27)26-14-2-3-15(26)7-13(20)6-14/h4-5,8-9,13-15H,2-3,6-7,20H2,1H3,(H,22,23,27)/t13-,14+,15-. The molecule has 0 saturated carbocycles. The Hall–Kier alpha value is -2.65. The van der Waals surface area contributed by atoms with Crippen LogP contribution in [0.4, 0.5) is 10.6 Å². The quantitative estimate of drug-likeness (QED) is 0.690. The summed E-state index contributed by atoms with van der Waals surface area (Å²) in [4.78, 5) is 23.7. The van der Waals surface area contributed by atoms with Gasteiger partial charge in [0.05, 0.1) is 0 Å². The van der Waals surface area contributed by atoms with Crippen LogP contribution in [0.3, 0.4) is 0 Å². The molecule has 2 saturated heterocycles. The van der Waals surface area contributed by atoms with Gasteiger partial charge in [-0.3, -0.25) is 10.3 Å². The second-order valence-corrected chi connectivity index (χ2v) is 8.75. The topological polar surface area (TPSA) is 110 Å². The smallest absolute Gasteiger partial charge is 0.323 e. The minimum Gasteiger partial charge on any atom is -0.328 e. The van der Waals surface area contributed by atoms with Crippen LogP contribution in [0, 0.1) is 6.92 Å². The predicted octanol–water partition coefficient (Wildman–Crippen LogP) is 2.94. The number of nitrogens with zero attached hydrogens (tertiary/aromatic N) is 5. The number of rotatable bonds is 2. The number of aryl methyl sites for hydroxylation is 1. The van der Waals surface area contributed by atoms with E-state index in [-0.39, 0.29) is 24.2 Å². The normalized spacial score (nSPS) is 23.9. The third kappa shape index (κ3) is 3.10. The van der Waals surface area contributed by atoms with Gasteiger partial charge < -0.3 is 10.6 Å². The van der Waals surface area contributed by atoms with Crippen LogP contribution < -0.4 is 11.1 Å². The predicted molar refractivity (Wildman–Crippen MR) is 108 cm³/mol. The molecule has 3 aromatic rings. The molecular formula is C19H21N7OS. The van der Waals surface area contributed by atoms with Gasteiger partial charge in [-0.1, -0.05) is 11.3 Å². The number of hydrogen-bond donors (Lipinski definition) is 2. The molecule has 2 amide bonds. The number of pyridine rings is 2. The van der Waals surface area contributed by atoms with E-state index in [0.717, 1.165) is 52.2 Å². The molecule has 144 valence electrons. The van der Waals surface area contributed by atoms with Crippen LogP contribution in [0.2, 0.25) is 0 Å². The lowest BCUT2D eigenvalue weighted by Gasteiger charge is -2.37. The largest absolute Gasteiger partial charge is 0.328 e. The van der Waals surface area contributed by atoms with Gasteiger partial charge in [0.1, 0.15) is 16.5 Å². The van der Waals surface area contributed by atoms with E-state index in [9.17, 15) is 4.79 Å². The maximum Gasteiger partial charge on any atom is 0.323 e. The van der Waals surface area contributed by atoms with Crippen molar-refractivity contribution in [3.05, 3.63) is 29.5 Å². The molecule has 2 aliphatic rings. The van der Waals surface area contributed by atoms with Crippen molar-refractivity contribution in [2.24, 2.45) is 5.73 Å². The number of carbonyl (C=O) groups is 1. The number of amides is 2. The molecule has 9 heteroatoms. The van der Waals surface area contributed by atoms with Crippen LogP contribution in [0.1, 0.15) is 30.7 Å². The van der Waals surface area contributed by atoms with Crippen LogP contribution in [0.25, 0.3) is 21.5 Å². The van der Waals surface area contributed by atoms with Crippen LogP contribution in [-0.2, 0) is 0 Å².